The zero-order valence-corrected chi connectivity index (χ0v) is 14.2. The Bertz CT molecular complexity index is 520. The highest BCUT2D eigenvalue weighted by Crippen LogP contribution is 2.31. The Hall–Kier alpha value is -0.000000000000000111. The lowest BCUT2D eigenvalue weighted by Crippen LogP contribution is -2.38. The van der Waals surface area contributed by atoms with Gasteiger partial charge in [-0.2, -0.15) is 0 Å². The van der Waals surface area contributed by atoms with E-state index in [2.05, 4.69) is 15.9 Å². The van der Waals surface area contributed by atoms with Crippen LogP contribution < -0.4 is 0 Å². The van der Waals surface area contributed by atoms with E-state index in [1.54, 1.807) is 11.8 Å². The van der Waals surface area contributed by atoms with Crippen molar-refractivity contribution in [3.8, 4) is 0 Å². The predicted molar refractivity (Wildman–Crippen MR) is 91.7 cm³/mol. The summed E-state index contributed by atoms with van der Waals surface area (Å²) in [5.41, 5.74) is 1.21. The molecule has 1 aliphatic heterocycles. The molecule has 1 aromatic rings. The first-order valence-electron chi connectivity index (χ1n) is 6.73. The fraction of sp³-hybridized carbons (Fsp3) is 0.500. The van der Waals surface area contributed by atoms with Gasteiger partial charge in [0, 0.05) is 24.9 Å². The first kappa shape index (κ1) is 14.9. The minimum atomic E-state index is 0.616. The Kier molecular flexibility index (Phi) is 4.78. The van der Waals surface area contributed by atoms with Crippen LogP contribution in [0.15, 0.2) is 18.2 Å². The highest BCUT2D eigenvalue weighted by atomic mass is 35.5. The molecule has 6 heteroatoms. The van der Waals surface area contributed by atoms with Crippen LogP contribution in [0.25, 0.3) is 0 Å². The maximum atomic E-state index is 6.10. The van der Waals surface area contributed by atoms with E-state index in [9.17, 15) is 0 Å². The molecule has 1 aliphatic carbocycles. The van der Waals surface area contributed by atoms with E-state index in [-0.39, 0.29) is 0 Å². The lowest BCUT2D eigenvalue weighted by molar-refractivity contribution is 0.180. The highest BCUT2D eigenvalue weighted by Gasteiger charge is 2.31. The zero-order valence-electron chi connectivity index (χ0n) is 11.0. The maximum Gasteiger partial charge on any atom is 0.137 e. The van der Waals surface area contributed by atoms with E-state index in [1.165, 1.54) is 18.4 Å². The van der Waals surface area contributed by atoms with Crippen LogP contribution in [-0.4, -0.2) is 39.1 Å². The maximum absolute atomic E-state index is 6.10. The Morgan fingerprint density at radius 3 is 2.70 bits per heavy atom. The Balaban J connectivity index is 1.67. The Labute approximate surface area is 139 Å². The van der Waals surface area contributed by atoms with Crippen LogP contribution >= 0.6 is 47.2 Å². The molecular weight excluding hydrogens is 331 g/mol. The van der Waals surface area contributed by atoms with Crippen LogP contribution in [0.5, 0.6) is 0 Å². The average Bonchev–Trinajstić information content (AvgIpc) is 3.19. The second-order valence-corrected chi connectivity index (χ2v) is 7.79. The third kappa shape index (κ3) is 3.60. The third-order valence-electron chi connectivity index (χ3n) is 3.63. The monoisotopic (exact) mass is 346 g/mol. The summed E-state index contributed by atoms with van der Waals surface area (Å²) < 4.78 is 1.03. The van der Waals surface area contributed by atoms with Crippen LogP contribution in [0.3, 0.4) is 0 Å². The van der Waals surface area contributed by atoms with Gasteiger partial charge in [0.1, 0.15) is 4.32 Å². The van der Waals surface area contributed by atoms with Gasteiger partial charge in [-0.15, -0.1) is 0 Å². The van der Waals surface area contributed by atoms with Crippen LogP contribution in [0.4, 0.5) is 0 Å². The first-order chi connectivity index (χ1) is 9.63. The molecule has 1 aromatic carbocycles. The summed E-state index contributed by atoms with van der Waals surface area (Å²) in [5, 5.41) is 1.25. The Morgan fingerprint density at radius 1 is 1.30 bits per heavy atom. The van der Waals surface area contributed by atoms with Crippen LogP contribution in [-0.2, 0) is 6.54 Å². The molecule has 0 aromatic heterocycles. The number of rotatable bonds is 5. The van der Waals surface area contributed by atoms with E-state index >= 15 is 0 Å². The van der Waals surface area contributed by atoms with Crippen molar-refractivity contribution in [1.29, 1.82) is 0 Å². The summed E-state index contributed by atoms with van der Waals surface area (Å²) in [4.78, 5) is 4.80. The van der Waals surface area contributed by atoms with Gasteiger partial charge in [0.2, 0.25) is 0 Å². The first-order valence-corrected chi connectivity index (χ1v) is 8.88. The van der Waals surface area contributed by atoms with E-state index in [1.807, 2.05) is 12.1 Å². The van der Waals surface area contributed by atoms with Gasteiger partial charge >= 0.3 is 0 Å². The Morgan fingerprint density at radius 2 is 2.10 bits per heavy atom. The van der Waals surface area contributed by atoms with Crippen molar-refractivity contribution in [2.75, 3.05) is 19.0 Å². The van der Waals surface area contributed by atoms with Crippen molar-refractivity contribution in [3.63, 3.8) is 0 Å². The second-order valence-electron chi connectivity index (χ2n) is 5.25. The molecule has 2 fully saturated rings. The summed E-state index contributed by atoms with van der Waals surface area (Å²) in [6.45, 7) is 2.90. The van der Waals surface area contributed by atoms with Gasteiger partial charge in [-0.25, -0.2) is 0 Å². The summed E-state index contributed by atoms with van der Waals surface area (Å²) in [6, 6.07) is 6.59. The smallest absolute Gasteiger partial charge is 0.137 e. The zero-order chi connectivity index (χ0) is 14.1. The molecule has 0 amide bonds. The minimum absolute atomic E-state index is 0.616. The van der Waals surface area contributed by atoms with Crippen molar-refractivity contribution in [1.82, 2.24) is 9.80 Å². The lowest BCUT2D eigenvalue weighted by atomic mass is 10.2. The van der Waals surface area contributed by atoms with Crippen molar-refractivity contribution in [2.45, 2.75) is 25.4 Å². The summed E-state index contributed by atoms with van der Waals surface area (Å²) in [5.74, 6) is 1.12. The molecule has 2 aliphatic rings. The summed E-state index contributed by atoms with van der Waals surface area (Å²) in [7, 11) is 0. The predicted octanol–water partition coefficient (Wildman–Crippen LogP) is 4.25. The highest BCUT2D eigenvalue weighted by molar-refractivity contribution is 8.23. The fourth-order valence-corrected chi connectivity index (χ4v) is 3.92. The number of halogens is 2. The van der Waals surface area contributed by atoms with Crippen molar-refractivity contribution in [3.05, 3.63) is 33.8 Å². The number of nitrogens with zero attached hydrogens (tertiary/aromatic N) is 2. The van der Waals surface area contributed by atoms with Crippen LogP contribution in [0.1, 0.15) is 18.4 Å². The van der Waals surface area contributed by atoms with E-state index in [0.29, 0.717) is 16.1 Å². The molecule has 0 N–H and O–H groups in total. The molecule has 2 nitrogen and oxygen atoms in total. The molecule has 1 heterocycles. The third-order valence-corrected chi connectivity index (χ3v) is 5.87. The lowest BCUT2D eigenvalue weighted by Gasteiger charge is -2.28. The van der Waals surface area contributed by atoms with Crippen LogP contribution in [0, 0.1) is 0 Å². The van der Waals surface area contributed by atoms with Gasteiger partial charge in [0.05, 0.1) is 16.7 Å². The van der Waals surface area contributed by atoms with E-state index < -0.39 is 0 Å². The average molecular weight is 347 g/mol. The molecule has 1 saturated heterocycles. The fourth-order valence-electron chi connectivity index (χ4n) is 2.38. The van der Waals surface area contributed by atoms with Gasteiger partial charge in [-0.05, 0) is 30.5 Å². The molecule has 3 rings (SSSR count). The molecular formula is C14H16Cl2N2S2. The second kappa shape index (κ2) is 6.41. The number of thiocarbonyl (C=S) groups is 1. The topological polar surface area (TPSA) is 6.48 Å². The SMILES string of the molecule is S=C1SCCN1CN(Cc1ccc(Cl)c(Cl)c1)C1CC1. The van der Waals surface area contributed by atoms with Gasteiger partial charge < -0.3 is 4.90 Å². The van der Waals surface area contributed by atoms with Gasteiger partial charge in [-0.3, -0.25) is 4.90 Å². The van der Waals surface area contributed by atoms with Crippen molar-refractivity contribution in [2.24, 2.45) is 0 Å². The standard InChI is InChI=1S/C14H16Cl2N2S2/c15-12-4-1-10(7-13(12)16)8-18(11-2-3-11)9-17-5-6-20-14(17)19/h1,4,7,11H,2-3,5-6,8-9H2. The molecule has 108 valence electrons. The molecule has 1 saturated carbocycles. The largest absolute Gasteiger partial charge is 0.344 e. The van der Waals surface area contributed by atoms with Gasteiger partial charge in [0.25, 0.3) is 0 Å². The molecule has 0 atom stereocenters. The molecule has 0 bridgehead atoms. The van der Waals surface area contributed by atoms with Crippen LogP contribution in [0.2, 0.25) is 10.0 Å². The minimum Gasteiger partial charge on any atom is -0.344 e. The number of hydrogen-bond donors (Lipinski definition) is 0. The number of thioether (sulfide) groups is 1. The summed E-state index contributed by atoms with van der Waals surface area (Å²) in [6.07, 6.45) is 2.57. The molecule has 0 unspecified atom stereocenters. The van der Waals surface area contributed by atoms with Gasteiger partial charge in [-0.1, -0.05) is 53.2 Å². The summed E-state index contributed by atoms with van der Waals surface area (Å²) >= 11 is 19.3. The van der Waals surface area contributed by atoms with E-state index in [4.69, 9.17) is 35.4 Å². The molecule has 20 heavy (non-hydrogen) atoms. The normalized spacial score (nSPS) is 19.1. The molecule has 0 radical (unpaired) electrons. The quantitative estimate of drug-likeness (QED) is 0.735. The van der Waals surface area contributed by atoms with Crippen molar-refractivity contribution < 1.29 is 0 Å². The van der Waals surface area contributed by atoms with Crippen molar-refractivity contribution >= 4 is 51.5 Å². The van der Waals surface area contributed by atoms with Gasteiger partial charge in [0.15, 0.2) is 0 Å². The number of hydrogen-bond acceptors (Lipinski definition) is 3. The number of benzene rings is 1. The van der Waals surface area contributed by atoms with E-state index in [0.717, 1.165) is 29.8 Å². The molecule has 0 spiro atoms.